The molecule has 0 atom stereocenters. The van der Waals surface area contributed by atoms with Crippen LogP contribution in [0, 0.1) is 13.8 Å². The number of aromatic nitrogens is 1. The summed E-state index contributed by atoms with van der Waals surface area (Å²) >= 11 is 2.81. The van der Waals surface area contributed by atoms with Crippen molar-refractivity contribution in [2.45, 2.75) is 20.4 Å². The molecule has 2 N–H and O–H groups in total. The fraction of sp³-hybridized carbons (Fsp3) is 0.214. The number of aryl methyl sites for hydroxylation is 2. The number of carbonyl (C=O) groups is 2. The lowest BCUT2D eigenvalue weighted by Gasteiger charge is -2.00. The van der Waals surface area contributed by atoms with Crippen molar-refractivity contribution in [3.8, 4) is 0 Å². The van der Waals surface area contributed by atoms with Gasteiger partial charge in [0.2, 0.25) is 0 Å². The van der Waals surface area contributed by atoms with Gasteiger partial charge in [-0.3, -0.25) is 4.79 Å². The largest absolute Gasteiger partial charge is 0.478 e. The molecule has 2 aromatic heterocycles. The maximum Gasteiger partial charge on any atom is 0.328 e. The Balaban J connectivity index is 2.02. The second-order valence-corrected chi connectivity index (χ2v) is 6.52. The van der Waals surface area contributed by atoms with Crippen molar-refractivity contribution in [2.24, 2.45) is 0 Å². The number of hydrogen-bond donors (Lipinski definition) is 2. The number of nitrogens with one attached hydrogen (secondary N) is 1. The first-order valence-electron chi connectivity index (χ1n) is 6.16. The molecule has 2 heterocycles. The van der Waals surface area contributed by atoms with Crippen LogP contribution in [0.5, 0.6) is 0 Å². The van der Waals surface area contributed by atoms with Gasteiger partial charge in [0.05, 0.1) is 22.1 Å². The third-order valence-electron chi connectivity index (χ3n) is 2.65. The van der Waals surface area contributed by atoms with Gasteiger partial charge in [-0.1, -0.05) is 0 Å². The van der Waals surface area contributed by atoms with E-state index in [-0.39, 0.29) is 5.91 Å². The standard InChI is InChI=1S/C14H14N2O3S2/c1-8-5-12(21-11(8)3-4-13(17)18)14(19)15-6-10-7-20-9(2)16-10/h3-5,7H,6H2,1-2H3,(H,15,19)(H,17,18)/b4-3+. The van der Waals surface area contributed by atoms with Gasteiger partial charge in [-0.2, -0.15) is 0 Å². The maximum atomic E-state index is 12.1. The van der Waals surface area contributed by atoms with E-state index >= 15 is 0 Å². The third-order valence-corrected chi connectivity index (χ3v) is 4.68. The van der Waals surface area contributed by atoms with Crippen LogP contribution in [0.3, 0.4) is 0 Å². The number of thiophene rings is 1. The van der Waals surface area contributed by atoms with E-state index in [1.54, 1.807) is 17.4 Å². The predicted octanol–water partition coefficient (Wildman–Crippen LogP) is 2.85. The zero-order valence-electron chi connectivity index (χ0n) is 11.5. The Labute approximate surface area is 130 Å². The van der Waals surface area contributed by atoms with E-state index in [0.29, 0.717) is 11.4 Å². The van der Waals surface area contributed by atoms with Crippen LogP contribution in [0.25, 0.3) is 6.08 Å². The summed E-state index contributed by atoms with van der Waals surface area (Å²) in [7, 11) is 0. The lowest BCUT2D eigenvalue weighted by molar-refractivity contribution is -0.131. The number of carboxylic acid groups (broad SMARTS) is 1. The van der Waals surface area contributed by atoms with Crippen LogP contribution in [0.4, 0.5) is 0 Å². The van der Waals surface area contributed by atoms with E-state index in [1.807, 2.05) is 19.2 Å². The second-order valence-electron chi connectivity index (χ2n) is 4.37. The Hall–Kier alpha value is -1.99. The van der Waals surface area contributed by atoms with Crippen molar-refractivity contribution in [3.63, 3.8) is 0 Å². The molecule has 0 spiro atoms. The van der Waals surface area contributed by atoms with Gasteiger partial charge in [-0.25, -0.2) is 9.78 Å². The number of thiazole rings is 1. The maximum absolute atomic E-state index is 12.1. The summed E-state index contributed by atoms with van der Waals surface area (Å²) in [5.74, 6) is -1.18. The number of hydrogen-bond acceptors (Lipinski definition) is 5. The predicted molar refractivity (Wildman–Crippen MR) is 83.7 cm³/mol. The van der Waals surface area contributed by atoms with Crippen molar-refractivity contribution in [1.82, 2.24) is 10.3 Å². The summed E-state index contributed by atoms with van der Waals surface area (Å²) in [6.45, 7) is 4.15. The van der Waals surface area contributed by atoms with E-state index in [1.165, 1.54) is 17.4 Å². The van der Waals surface area contributed by atoms with Crippen LogP contribution in [-0.4, -0.2) is 22.0 Å². The average molecular weight is 322 g/mol. The van der Waals surface area contributed by atoms with Crippen molar-refractivity contribution in [3.05, 3.63) is 43.5 Å². The van der Waals surface area contributed by atoms with E-state index in [4.69, 9.17) is 5.11 Å². The minimum Gasteiger partial charge on any atom is -0.478 e. The highest BCUT2D eigenvalue weighted by Gasteiger charge is 2.11. The Bertz CT molecular complexity index is 701. The Kier molecular flexibility index (Phi) is 4.87. The molecule has 21 heavy (non-hydrogen) atoms. The SMILES string of the molecule is Cc1nc(CNC(=O)c2cc(C)c(/C=C/C(=O)O)s2)cs1. The summed E-state index contributed by atoms with van der Waals surface area (Å²) in [6.07, 6.45) is 2.57. The highest BCUT2D eigenvalue weighted by Crippen LogP contribution is 2.23. The molecule has 2 rings (SSSR count). The molecule has 0 saturated carbocycles. The van der Waals surface area contributed by atoms with E-state index in [9.17, 15) is 9.59 Å². The molecule has 7 heteroatoms. The van der Waals surface area contributed by atoms with Gasteiger partial charge < -0.3 is 10.4 Å². The van der Waals surface area contributed by atoms with E-state index in [2.05, 4.69) is 10.3 Å². The molecule has 1 amide bonds. The van der Waals surface area contributed by atoms with Crippen LogP contribution in [0.15, 0.2) is 17.5 Å². The van der Waals surface area contributed by atoms with Crippen molar-refractivity contribution >= 4 is 40.6 Å². The normalized spacial score (nSPS) is 11.0. The van der Waals surface area contributed by atoms with Crippen molar-refractivity contribution in [2.75, 3.05) is 0 Å². The quantitative estimate of drug-likeness (QED) is 0.830. The number of aliphatic carboxylic acids is 1. The first kappa shape index (κ1) is 15.4. The molecule has 0 radical (unpaired) electrons. The lowest BCUT2D eigenvalue weighted by atomic mass is 10.2. The number of rotatable bonds is 5. The van der Waals surface area contributed by atoms with Crippen LogP contribution >= 0.6 is 22.7 Å². The summed E-state index contributed by atoms with van der Waals surface area (Å²) in [6, 6.07) is 1.76. The highest BCUT2D eigenvalue weighted by molar-refractivity contribution is 7.15. The van der Waals surface area contributed by atoms with Gasteiger partial charge in [-0.05, 0) is 31.6 Å². The summed E-state index contributed by atoms with van der Waals surface area (Å²) in [5.41, 5.74) is 1.72. The molecule has 2 aromatic rings. The molecular formula is C14H14N2O3S2. The summed E-state index contributed by atoms with van der Waals surface area (Å²) in [5, 5.41) is 14.3. The minimum absolute atomic E-state index is 0.177. The van der Waals surface area contributed by atoms with Gasteiger partial charge >= 0.3 is 5.97 Å². The highest BCUT2D eigenvalue weighted by atomic mass is 32.1. The molecule has 0 aliphatic rings. The van der Waals surface area contributed by atoms with Crippen molar-refractivity contribution in [1.29, 1.82) is 0 Å². The number of amides is 1. The van der Waals surface area contributed by atoms with Crippen LogP contribution in [0.1, 0.15) is 30.8 Å². The Morgan fingerprint density at radius 1 is 1.43 bits per heavy atom. The number of carbonyl (C=O) groups excluding carboxylic acids is 1. The smallest absolute Gasteiger partial charge is 0.328 e. The van der Waals surface area contributed by atoms with E-state index < -0.39 is 5.97 Å². The third kappa shape index (κ3) is 4.24. The second kappa shape index (κ2) is 6.64. The summed E-state index contributed by atoms with van der Waals surface area (Å²) in [4.78, 5) is 28.2. The zero-order chi connectivity index (χ0) is 15.4. The summed E-state index contributed by atoms with van der Waals surface area (Å²) < 4.78 is 0. The topological polar surface area (TPSA) is 79.3 Å². The molecule has 5 nitrogen and oxygen atoms in total. The zero-order valence-corrected chi connectivity index (χ0v) is 13.2. The lowest BCUT2D eigenvalue weighted by Crippen LogP contribution is -2.21. The molecule has 0 aromatic carbocycles. The van der Waals surface area contributed by atoms with Crippen LogP contribution in [-0.2, 0) is 11.3 Å². The molecule has 0 saturated heterocycles. The Morgan fingerprint density at radius 2 is 2.19 bits per heavy atom. The Morgan fingerprint density at radius 3 is 2.81 bits per heavy atom. The van der Waals surface area contributed by atoms with Crippen LogP contribution in [0.2, 0.25) is 0 Å². The molecular weight excluding hydrogens is 308 g/mol. The fourth-order valence-corrected chi connectivity index (χ4v) is 3.27. The molecule has 0 fully saturated rings. The minimum atomic E-state index is -1.01. The van der Waals surface area contributed by atoms with Gasteiger partial charge in [0, 0.05) is 16.3 Å². The molecule has 0 aliphatic heterocycles. The average Bonchev–Trinajstić information content (AvgIpc) is 3.00. The first-order valence-corrected chi connectivity index (χ1v) is 7.86. The number of nitrogens with zero attached hydrogens (tertiary/aromatic N) is 1. The molecule has 0 unspecified atom stereocenters. The molecule has 0 bridgehead atoms. The fourth-order valence-electron chi connectivity index (χ4n) is 1.67. The van der Waals surface area contributed by atoms with Gasteiger partial charge in [0.1, 0.15) is 0 Å². The van der Waals surface area contributed by atoms with Gasteiger partial charge in [0.15, 0.2) is 0 Å². The number of carboxylic acids is 1. The van der Waals surface area contributed by atoms with E-state index in [0.717, 1.165) is 27.2 Å². The van der Waals surface area contributed by atoms with Gasteiger partial charge in [0.25, 0.3) is 5.91 Å². The van der Waals surface area contributed by atoms with Crippen LogP contribution < -0.4 is 5.32 Å². The van der Waals surface area contributed by atoms with Crippen molar-refractivity contribution < 1.29 is 14.7 Å². The first-order chi connectivity index (χ1) is 9.95. The molecule has 0 aliphatic carbocycles. The van der Waals surface area contributed by atoms with Gasteiger partial charge in [-0.15, -0.1) is 22.7 Å². The molecule has 110 valence electrons. The monoisotopic (exact) mass is 322 g/mol.